The number of hydrogen-bond acceptors (Lipinski definition) is 9. The molecule has 2 aliphatic heterocycles. The van der Waals surface area contributed by atoms with E-state index < -0.39 is 61.2 Å². The summed E-state index contributed by atoms with van der Waals surface area (Å²) < 4.78 is 24.3. The van der Waals surface area contributed by atoms with Crippen LogP contribution in [-0.2, 0) is 18.9 Å². The Labute approximate surface area is 197 Å². The third kappa shape index (κ3) is 5.47. The van der Waals surface area contributed by atoms with Crippen LogP contribution in [0.3, 0.4) is 0 Å². The van der Waals surface area contributed by atoms with Crippen LogP contribution in [0.2, 0.25) is 0 Å². The number of aliphatic hydroxyl groups is 4. The highest BCUT2D eigenvalue weighted by atomic mass is 32.1. The minimum Gasteiger partial charge on any atom is -0.390 e. The molecule has 1 saturated carbocycles. The normalized spacial score (nSPS) is 52.7. The lowest BCUT2D eigenvalue weighted by Crippen LogP contribution is -2.59. The first-order valence-electron chi connectivity index (χ1n) is 12.0. The second-order valence-corrected chi connectivity index (χ2v) is 10.5. The highest BCUT2D eigenvalue weighted by molar-refractivity contribution is 7.80. The van der Waals surface area contributed by atoms with E-state index in [4.69, 9.17) is 18.9 Å². The summed E-state index contributed by atoms with van der Waals surface area (Å²) in [6, 6.07) is 0. The molecule has 4 N–H and O–H groups in total. The fraction of sp³-hybridized carbons (Fsp3) is 1.00. The molecule has 0 spiro atoms. The van der Waals surface area contributed by atoms with E-state index in [1.54, 1.807) is 6.92 Å². The number of aliphatic hydroxyl groups excluding tert-OH is 4. The molecule has 0 aromatic carbocycles. The zero-order valence-electron chi connectivity index (χ0n) is 19.8. The lowest BCUT2D eigenvalue weighted by Gasteiger charge is -2.48. The van der Waals surface area contributed by atoms with Crippen molar-refractivity contribution in [2.24, 2.45) is 23.7 Å². The van der Waals surface area contributed by atoms with E-state index in [0.29, 0.717) is 18.6 Å². The molecule has 8 nitrogen and oxygen atoms in total. The summed E-state index contributed by atoms with van der Waals surface area (Å²) >= 11 is 4.24. The molecule has 14 unspecified atom stereocenters. The molecular formula is C23H42O8S. The number of hydrogen-bond donors (Lipinski definition) is 5. The van der Waals surface area contributed by atoms with Gasteiger partial charge in [0, 0.05) is 17.6 Å². The van der Waals surface area contributed by atoms with Gasteiger partial charge in [-0.3, -0.25) is 0 Å². The van der Waals surface area contributed by atoms with Crippen LogP contribution in [0.1, 0.15) is 53.9 Å². The van der Waals surface area contributed by atoms with E-state index in [1.807, 2.05) is 27.7 Å². The second kappa shape index (κ2) is 11.2. The maximum atomic E-state index is 11.3. The Bertz CT molecular complexity index is 594. The van der Waals surface area contributed by atoms with Gasteiger partial charge >= 0.3 is 0 Å². The Kier molecular flexibility index (Phi) is 9.30. The Morgan fingerprint density at radius 1 is 0.750 bits per heavy atom. The van der Waals surface area contributed by atoms with E-state index >= 15 is 0 Å². The summed E-state index contributed by atoms with van der Waals surface area (Å²) in [6.45, 7) is 9.75. The van der Waals surface area contributed by atoms with Gasteiger partial charge in [-0.1, -0.05) is 34.6 Å². The molecule has 2 heterocycles. The first-order chi connectivity index (χ1) is 15.1. The third-order valence-corrected chi connectivity index (χ3v) is 7.93. The summed E-state index contributed by atoms with van der Waals surface area (Å²) in [5.41, 5.74) is 0. The van der Waals surface area contributed by atoms with Crippen molar-refractivity contribution in [2.45, 2.75) is 115 Å². The van der Waals surface area contributed by atoms with Gasteiger partial charge in [0.25, 0.3) is 0 Å². The van der Waals surface area contributed by atoms with Gasteiger partial charge in [0.1, 0.15) is 12.2 Å². The highest BCUT2D eigenvalue weighted by Crippen LogP contribution is 2.38. The van der Waals surface area contributed by atoms with E-state index in [2.05, 4.69) is 12.6 Å². The van der Waals surface area contributed by atoms with Crippen molar-refractivity contribution in [2.75, 3.05) is 5.75 Å². The molecule has 32 heavy (non-hydrogen) atoms. The van der Waals surface area contributed by atoms with E-state index in [1.165, 1.54) is 0 Å². The molecular weight excluding hydrogens is 436 g/mol. The molecule has 2 saturated heterocycles. The van der Waals surface area contributed by atoms with Crippen LogP contribution in [0.4, 0.5) is 0 Å². The summed E-state index contributed by atoms with van der Waals surface area (Å²) in [7, 11) is 0. The van der Waals surface area contributed by atoms with Crippen molar-refractivity contribution in [3.63, 3.8) is 0 Å². The van der Waals surface area contributed by atoms with Crippen molar-refractivity contribution >= 4 is 12.6 Å². The summed E-state index contributed by atoms with van der Waals surface area (Å²) in [5.74, 6) is -0.0621. The topological polar surface area (TPSA) is 118 Å². The Morgan fingerprint density at radius 3 is 1.88 bits per heavy atom. The summed E-state index contributed by atoms with van der Waals surface area (Å²) in [5, 5.41) is 42.4. The Hall–Kier alpha value is 0.0300. The van der Waals surface area contributed by atoms with Crippen molar-refractivity contribution in [3.8, 4) is 0 Å². The largest absolute Gasteiger partial charge is 0.390 e. The minimum absolute atomic E-state index is 0.00657. The molecule has 3 rings (SSSR count). The van der Waals surface area contributed by atoms with Crippen LogP contribution in [-0.4, -0.2) is 87.6 Å². The van der Waals surface area contributed by atoms with Crippen LogP contribution in [0, 0.1) is 23.7 Å². The molecule has 1 aliphatic carbocycles. The van der Waals surface area contributed by atoms with Gasteiger partial charge in [-0.2, -0.15) is 12.6 Å². The van der Waals surface area contributed by atoms with Gasteiger partial charge in [-0.25, -0.2) is 0 Å². The summed E-state index contributed by atoms with van der Waals surface area (Å²) in [4.78, 5) is 0. The van der Waals surface area contributed by atoms with Gasteiger partial charge in [0.05, 0.1) is 36.6 Å². The molecule has 9 heteroatoms. The van der Waals surface area contributed by atoms with Gasteiger partial charge in [0.2, 0.25) is 0 Å². The van der Waals surface area contributed by atoms with Crippen LogP contribution in [0.5, 0.6) is 0 Å². The zero-order valence-corrected chi connectivity index (χ0v) is 20.7. The Morgan fingerprint density at radius 2 is 1.31 bits per heavy atom. The first-order valence-corrected chi connectivity index (χ1v) is 12.7. The molecule has 0 bridgehead atoms. The fourth-order valence-corrected chi connectivity index (χ4v) is 5.72. The quantitative estimate of drug-likeness (QED) is 0.363. The van der Waals surface area contributed by atoms with E-state index in [9.17, 15) is 20.4 Å². The predicted octanol–water partition coefficient (Wildman–Crippen LogP) is 1.33. The fourth-order valence-electron chi connectivity index (χ4n) is 5.41. The molecule has 3 aliphatic rings. The smallest absolute Gasteiger partial charge is 0.184 e. The van der Waals surface area contributed by atoms with Gasteiger partial charge in [-0.15, -0.1) is 0 Å². The second-order valence-electron chi connectivity index (χ2n) is 10.2. The Balaban J connectivity index is 1.70. The molecule has 3 fully saturated rings. The van der Waals surface area contributed by atoms with Gasteiger partial charge < -0.3 is 39.4 Å². The maximum absolute atomic E-state index is 11.3. The van der Waals surface area contributed by atoms with Crippen LogP contribution in [0.15, 0.2) is 0 Å². The van der Waals surface area contributed by atoms with E-state index in [0.717, 1.165) is 6.42 Å². The third-order valence-electron chi connectivity index (χ3n) is 7.57. The standard InChI is InChI=1S/C23H42O8S/c1-6-15-14(24)8-12(4)22(28-15)30-20-10(2)7-11(3)21(19(20)27)31-23-18(26)13(5)17(25)16(9-32)29-23/h10-27,32H,6-9H2,1-5H3. The average molecular weight is 479 g/mol. The number of rotatable bonds is 6. The first kappa shape index (κ1) is 26.6. The SMILES string of the molecule is CCC1OC(OC2C(C)CC(C)C(OC3OC(CS)C(O)C(C)C3O)C2O)C(C)CC1O. The van der Waals surface area contributed by atoms with E-state index in [-0.39, 0.29) is 23.9 Å². The zero-order chi connectivity index (χ0) is 23.7. The molecule has 14 atom stereocenters. The van der Waals surface area contributed by atoms with Crippen LogP contribution >= 0.6 is 12.6 Å². The summed E-state index contributed by atoms with van der Waals surface area (Å²) in [6.07, 6.45) is -4.71. The average Bonchev–Trinajstić information content (AvgIpc) is 2.75. The van der Waals surface area contributed by atoms with Crippen LogP contribution < -0.4 is 0 Å². The van der Waals surface area contributed by atoms with Gasteiger partial charge in [-0.05, 0) is 31.1 Å². The van der Waals surface area contributed by atoms with Crippen molar-refractivity contribution < 1.29 is 39.4 Å². The lowest BCUT2D eigenvalue weighted by atomic mass is 9.77. The van der Waals surface area contributed by atoms with Gasteiger partial charge in [0.15, 0.2) is 12.6 Å². The minimum atomic E-state index is -1.02. The monoisotopic (exact) mass is 478 g/mol. The number of ether oxygens (including phenoxy) is 4. The maximum Gasteiger partial charge on any atom is 0.184 e. The predicted molar refractivity (Wildman–Crippen MR) is 121 cm³/mol. The molecule has 0 radical (unpaired) electrons. The lowest BCUT2D eigenvalue weighted by molar-refractivity contribution is -0.326. The molecule has 0 amide bonds. The van der Waals surface area contributed by atoms with Crippen molar-refractivity contribution in [1.82, 2.24) is 0 Å². The molecule has 0 aromatic heterocycles. The molecule has 188 valence electrons. The number of thiol groups is 1. The molecule has 0 aromatic rings. The van der Waals surface area contributed by atoms with Crippen molar-refractivity contribution in [3.05, 3.63) is 0 Å². The highest BCUT2D eigenvalue weighted by Gasteiger charge is 2.49. The van der Waals surface area contributed by atoms with Crippen molar-refractivity contribution in [1.29, 1.82) is 0 Å². The van der Waals surface area contributed by atoms with Crippen LogP contribution in [0.25, 0.3) is 0 Å².